The Labute approximate surface area is 165 Å². The first-order chi connectivity index (χ1) is 13.5. The molecule has 0 spiro atoms. The maximum absolute atomic E-state index is 11.9. The quantitative estimate of drug-likeness (QED) is 0.649. The van der Waals surface area contributed by atoms with Gasteiger partial charge in [-0.15, -0.1) is 0 Å². The van der Waals surface area contributed by atoms with Crippen LogP contribution >= 0.6 is 0 Å². The molecule has 2 aromatic heterocycles. The van der Waals surface area contributed by atoms with E-state index < -0.39 is 0 Å². The number of pyridine rings is 1. The maximum Gasteiger partial charge on any atom is 0.254 e. The van der Waals surface area contributed by atoms with Gasteiger partial charge in [0.2, 0.25) is 0 Å². The fourth-order valence-electron chi connectivity index (χ4n) is 2.79. The summed E-state index contributed by atoms with van der Waals surface area (Å²) in [5, 5.41) is 3.31. The van der Waals surface area contributed by atoms with Crippen molar-refractivity contribution < 1.29 is 4.74 Å². The molecule has 1 atom stereocenters. The monoisotopic (exact) mass is 378 g/mol. The van der Waals surface area contributed by atoms with E-state index in [0.717, 1.165) is 29.2 Å². The average Bonchev–Trinajstić information content (AvgIpc) is 2.69. The number of nitrogens with one attached hydrogen (secondary N) is 2. The normalized spacial score (nSPS) is 11.9. The fourth-order valence-corrected chi connectivity index (χ4v) is 2.79. The number of anilines is 1. The van der Waals surface area contributed by atoms with Crippen LogP contribution in [0.1, 0.15) is 30.2 Å². The van der Waals surface area contributed by atoms with Crippen LogP contribution in [-0.4, -0.2) is 27.6 Å². The molecule has 0 saturated carbocycles. The smallest absolute Gasteiger partial charge is 0.254 e. The van der Waals surface area contributed by atoms with Crippen LogP contribution in [0.4, 0.5) is 5.82 Å². The summed E-state index contributed by atoms with van der Waals surface area (Å²) in [7, 11) is 0. The lowest BCUT2D eigenvalue weighted by atomic mass is 10.2. The second-order valence-electron chi connectivity index (χ2n) is 6.90. The molecule has 6 nitrogen and oxygen atoms in total. The van der Waals surface area contributed by atoms with Crippen molar-refractivity contribution in [1.29, 1.82) is 0 Å². The lowest BCUT2D eigenvalue weighted by molar-refractivity contribution is 0.210. The van der Waals surface area contributed by atoms with E-state index in [4.69, 9.17) is 4.74 Å². The van der Waals surface area contributed by atoms with Crippen LogP contribution in [0, 0.1) is 20.8 Å². The van der Waals surface area contributed by atoms with Crippen molar-refractivity contribution in [2.75, 3.05) is 11.9 Å². The fraction of sp³-hybridized carbons (Fsp3) is 0.318. The van der Waals surface area contributed by atoms with Crippen molar-refractivity contribution >= 4 is 5.82 Å². The number of aromatic nitrogens is 3. The van der Waals surface area contributed by atoms with Gasteiger partial charge in [-0.1, -0.05) is 19.1 Å². The van der Waals surface area contributed by atoms with Crippen LogP contribution in [0.2, 0.25) is 0 Å². The third-order valence-corrected chi connectivity index (χ3v) is 4.69. The highest BCUT2D eigenvalue weighted by Gasteiger charge is 2.10. The van der Waals surface area contributed by atoms with Crippen LogP contribution in [0.5, 0.6) is 5.75 Å². The first-order valence-electron chi connectivity index (χ1n) is 9.47. The Morgan fingerprint density at radius 2 is 2.00 bits per heavy atom. The molecule has 0 aliphatic heterocycles. The molecule has 146 valence electrons. The van der Waals surface area contributed by atoms with Crippen molar-refractivity contribution in [3.63, 3.8) is 0 Å². The molecule has 6 heteroatoms. The molecule has 0 radical (unpaired) electrons. The van der Waals surface area contributed by atoms with Gasteiger partial charge in [-0.25, -0.2) is 9.97 Å². The van der Waals surface area contributed by atoms with Gasteiger partial charge in [0.05, 0.1) is 6.54 Å². The zero-order valence-electron chi connectivity index (χ0n) is 16.7. The van der Waals surface area contributed by atoms with Crippen molar-refractivity contribution in [1.82, 2.24) is 15.0 Å². The molecule has 28 heavy (non-hydrogen) atoms. The molecule has 0 aliphatic carbocycles. The molecule has 0 bridgehead atoms. The summed E-state index contributed by atoms with van der Waals surface area (Å²) in [5.74, 6) is 2.16. The van der Waals surface area contributed by atoms with Gasteiger partial charge in [0.1, 0.15) is 23.5 Å². The Morgan fingerprint density at radius 1 is 1.18 bits per heavy atom. The highest BCUT2D eigenvalue weighted by Crippen LogP contribution is 2.17. The lowest BCUT2D eigenvalue weighted by Gasteiger charge is -2.19. The van der Waals surface area contributed by atoms with E-state index in [1.807, 2.05) is 37.3 Å². The second kappa shape index (κ2) is 8.69. The summed E-state index contributed by atoms with van der Waals surface area (Å²) < 4.78 is 6.06. The predicted molar refractivity (Wildman–Crippen MR) is 112 cm³/mol. The first-order valence-corrected chi connectivity index (χ1v) is 9.47. The number of rotatable bonds is 7. The topological polar surface area (TPSA) is 79.9 Å². The molecular weight excluding hydrogens is 352 g/mol. The van der Waals surface area contributed by atoms with Crippen molar-refractivity contribution in [2.24, 2.45) is 0 Å². The Kier molecular flexibility index (Phi) is 6.09. The van der Waals surface area contributed by atoms with E-state index in [2.05, 4.69) is 40.2 Å². The Balaban J connectivity index is 1.64. The number of H-pyrrole nitrogens is 1. The number of ether oxygens (including phenoxy) is 1. The number of aryl methyl sites for hydroxylation is 2. The summed E-state index contributed by atoms with van der Waals surface area (Å²) in [5.41, 5.74) is 3.18. The van der Waals surface area contributed by atoms with Crippen LogP contribution in [-0.2, 0) is 0 Å². The molecule has 0 amide bonds. The average molecular weight is 378 g/mol. The lowest BCUT2D eigenvalue weighted by Crippen LogP contribution is -2.25. The number of hydrogen-bond donors (Lipinski definition) is 2. The third-order valence-electron chi connectivity index (χ3n) is 4.69. The summed E-state index contributed by atoms with van der Waals surface area (Å²) >= 11 is 0. The van der Waals surface area contributed by atoms with Gasteiger partial charge in [-0.05, 0) is 57.0 Å². The molecule has 0 aliphatic rings. The van der Waals surface area contributed by atoms with E-state index in [1.54, 1.807) is 13.1 Å². The minimum Gasteiger partial charge on any atom is -0.489 e. The van der Waals surface area contributed by atoms with E-state index in [1.165, 1.54) is 5.56 Å². The molecule has 3 rings (SSSR count). The summed E-state index contributed by atoms with van der Waals surface area (Å²) in [6.07, 6.45) is 2.63. The molecular formula is C22H26N4O2. The number of hydrogen-bond acceptors (Lipinski definition) is 5. The van der Waals surface area contributed by atoms with Gasteiger partial charge in [0, 0.05) is 23.0 Å². The van der Waals surface area contributed by atoms with Gasteiger partial charge < -0.3 is 15.0 Å². The Hall–Kier alpha value is -3.15. The van der Waals surface area contributed by atoms with E-state index in [0.29, 0.717) is 17.9 Å². The molecule has 3 aromatic rings. The van der Waals surface area contributed by atoms with Gasteiger partial charge >= 0.3 is 0 Å². The molecule has 2 N–H and O–H groups in total. The predicted octanol–water partition coefficient (Wildman–Crippen LogP) is 4.03. The standard InChI is InChI=1S/C22H26N4O2/c1-5-18(28-19-8-6-7-14(2)11-19)13-24-20-10-9-17(12-23-20)21-25-16(4)15(3)22(27)26-21/h6-12,18H,5,13H2,1-4H3,(H,23,24)(H,25,26,27). The van der Waals surface area contributed by atoms with Crippen molar-refractivity contribution in [2.45, 2.75) is 40.2 Å². The number of benzene rings is 1. The van der Waals surface area contributed by atoms with E-state index in [9.17, 15) is 4.79 Å². The van der Waals surface area contributed by atoms with Crippen LogP contribution in [0.15, 0.2) is 47.4 Å². The number of nitrogens with zero attached hydrogens (tertiary/aromatic N) is 2. The van der Waals surface area contributed by atoms with Crippen molar-refractivity contribution in [3.05, 3.63) is 69.8 Å². The zero-order chi connectivity index (χ0) is 20.1. The van der Waals surface area contributed by atoms with Crippen LogP contribution in [0.25, 0.3) is 11.4 Å². The number of aromatic amines is 1. The first kappa shape index (κ1) is 19.6. The second-order valence-corrected chi connectivity index (χ2v) is 6.90. The Bertz CT molecular complexity index is 996. The highest BCUT2D eigenvalue weighted by molar-refractivity contribution is 5.56. The van der Waals surface area contributed by atoms with E-state index in [-0.39, 0.29) is 11.7 Å². The van der Waals surface area contributed by atoms with Crippen LogP contribution in [0.3, 0.4) is 0 Å². The van der Waals surface area contributed by atoms with Gasteiger partial charge in [-0.2, -0.15) is 0 Å². The summed E-state index contributed by atoms with van der Waals surface area (Å²) in [4.78, 5) is 23.6. The molecule has 1 aromatic carbocycles. The van der Waals surface area contributed by atoms with E-state index >= 15 is 0 Å². The highest BCUT2D eigenvalue weighted by atomic mass is 16.5. The van der Waals surface area contributed by atoms with Gasteiger partial charge in [0.25, 0.3) is 5.56 Å². The maximum atomic E-state index is 11.9. The minimum absolute atomic E-state index is 0.0426. The summed E-state index contributed by atoms with van der Waals surface area (Å²) in [6, 6.07) is 11.8. The molecule has 0 fully saturated rings. The third kappa shape index (κ3) is 4.76. The Morgan fingerprint density at radius 3 is 2.64 bits per heavy atom. The molecule has 0 saturated heterocycles. The zero-order valence-corrected chi connectivity index (χ0v) is 16.7. The largest absolute Gasteiger partial charge is 0.489 e. The van der Waals surface area contributed by atoms with Gasteiger partial charge in [-0.3, -0.25) is 4.79 Å². The SMILES string of the molecule is CCC(CNc1ccc(-c2nc(C)c(C)c(=O)[nH]2)cn1)Oc1cccc(C)c1. The molecule has 1 unspecified atom stereocenters. The van der Waals surface area contributed by atoms with Crippen molar-refractivity contribution in [3.8, 4) is 17.1 Å². The minimum atomic E-state index is -0.121. The van der Waals surface area contributed by atoms with Gasteiger partial charge in [0.15, 0.2) is 0 Å². The van der Waals surface area contributed by atoms with Crippen LogP contribution < -0.4 is 15.6 Å². The molecule has 2 heterocycles. The summed E-state index contributed by atoms with van der Waals surface area (Å²) in [6.45, 7) is 8.39.